The van der Waals surface area contributed by atoms with Crippen molar-refractivity contribution < 1.29 is 14.6 Å². The van der Waals surface area contributed by atoms with E-state index < -0.39 is 5.97 Å². The summed E-state index contributed by atoms with van der Waals surface area (Å²) in [5, 5.41) is 18.0. The van der Waals surface area contributed by atoms with Crippen molar-refractivity contribution in [1.29, 1.82) is 5.26 Å². The molecule has 100 valence electrons. The Kier molecular flexibility index (Phi) is 3.62. The minimum Gasteiger partial charge on any atom is -0.478 e. The van der Waals surface area contributed by atoms with Crippen molar-refractivity contribution in [3.05, 3.63) is 46.8 Å². The van der Waals surface area contributed by atoms with Crippen LogP contribution in [0.2, 0.25) is 0 Å². The van der Waals surface area contributed by atoms with Crippen LogP contribution in [0.25, 0.3) is 0 Å². The molecular weight excluding hydrogens is 258 g/mol. The van der Waals surface area contributed by atoms with Gasteiger partial charge in [-0.15, -0.1) is 0 Å². The van der Waals surface area contributed by atoms with Crippen molar-refractivity contribution >= 4 is 5.97 Å². The van der Waals surface area contributed by atoms with Gasteiger partial charge < -0.3 is 9.84 Å². The van der Waals surface area contributed by atoms with Crippen molar-refractivity contribution in [2.24, 2.45) is 0 Å². The minimum atomic E-state index is -1.10. The summed E-state index contributed by atoms with van der Waals surface area (Å²) in [7, 11) is 0. The number of carbonyl (C=O) groups is 1. The van der Waals surface area contributed by atoms with Crippen LogP contribution in [0.15, 0.2) is 24.3 Å². The Balaban J connectivity index is 2.42. The molecule has 0 atom stereocenters. The average Bonchev–Trinajstić information content (AvgIpc) is 2.40. The summed E-state index contributed by atoms with van der Waals surface area (Å²) in [5.74, 6) is -0.963. The first kappa shape index (κ1) is 13.5. The van der Waals surface area contributed by atoms with E-state index in [-0.39, 0.29) is 23.0 Å². The molecule has 0 aliphatic heterocycles. The van der Waals surface area contributed by atoms with E-state index in [1.54, 1.807) is 19.9 Å². The zero-order chi connectivity index (χ0) is 14.7. The topological polar surface area (TPSA) is 96.1 Å². The lowest BCUT2D eigenvalue weighted by atomic mass is 10.1. The number of carboxylic acids is 1. The van der Waals surface area contributed by atoms with Crippen molar-refractivity contribution in [3.63, 3.8) is 0 Å². The van der Waals surface area contributed by atoms with Crippen LogP contribution < -0.4 is 4.74 Å². The molecule has 0 radical (unpaired) electrons. The molecule has 1 heterocycles. The molecule has 0 saturated carbocycles. The Hall–Kier alpha value is -2.94. The number of aryl methyl sites for hydroxylation is 2. The number of hydrogen-bond donors (Lipinski definition) is 1. The second-order valence-corrected chi connectivity index (χ2v) is 4.20. The Morgan fingerprint density at radius 2 is 2.05 bits per heavy atom. The van der Waals surface area contributed by atoms with Gasteiger partial charge in [0.1, 0.15) is 23.1 Å². The van der Waals surface area contributed by atoms with Gasteiger partial charge in [0.15, 0.2) is 0 Å². The smallest absolute Gasteiger partial charge is 0.339 e. The van der Waals surface area contributed by atoms with E-state index in [0.717, 1.165) is 5.56 Å². The highest BCUT2D eigenvalue weighted by molar-refractivity contribution is 5.91. The largest absolute Gasteiger partial charge is 0.478 e. The Labute approximate surface area is 115 Å². The van der Waals surface area contributed by atoms with Gasteiger partial charge in [-0.2, -0.15) is 10.2 Å². The summed E-state index contributed by atoms with van der Waals surface area (Å²) in [6, 6.07) is 8.12. The molecule has 6 nitrogen and oxygen atoms in total. The van der Waals surface area contributed by atoms with Gasteiger partial charge in [-0.25, -0.2) is 9.78 Å². The second-order valence-electron chi connectivity index (χ2n) is 4.20. The molecule has 0 amide bonds. The minimum absolute atomic E-state index is 0.0219. The van der Waals surface area contributed by atoms with Gasteiger partial charge in [0.25, 0.3) is 0 Å². The predicted octanol–water partition coefficient (Wildman–Crippen LogP) is 2.46. The fraction of sp³-hybridized carbons (Fsp3) is 0.143. The van der Waals surface area contributed by atoms with Crippen molar-refractivity contribution in [1.82, 2.24) is 9.97 Å². The first-order chi connectivity index (χ1) is 9.49. The quantitative estimate of drug-likeness (QED) is 0.919. The van der Waals surface area contributed by atoms with E-state index in [2.05, 4.69) is 9.97 Å². The average molecular weight is 269 g/mol. The number of ether oxygens (including phenoxy) is 1. The number of hydrogen-bond acceptors (Lipinski definition) is 5. The Morgan fingerprint density at radius 3 is 2.70 bits per heavy atom. The SMILES string of the molecule is Cc1ccc(Oc2nc(C)cc(C#N)n2)c(C(=O)O)c1. The maximum Gasteiger partial charge on any atom is 0.339 e. The number of nitriles is 1. The molecule has 20 heavy (non-hydrogen) atoms. The zero-order valence-electron chi connectivity index (χ0n) is 10.9. The van der Waals surface area contributed by atoms with Crippen molar-refractivity contribution in [2.45, 2.75) is 13.8 Å². The maximum atomic E-state index is 11.2. The van der Waals surface area contributed by atoms with Gasteiger partial charge in [0.2, 0.25) is 0 Å². The number of carboxylic acid groups (broad SMARTS) is 1. The summed E-state index contributed by atoms with van der Waals surface area (Å²) in [5.41, 5.74) is 1.55. The molecule has 0 spiro atoms. The molecule has 0 aliphatic rings. The third-order valence-electron chi connectivity index (χ3n) is 2.51. The van der Waals surface area contributed by atoms with Crippen LogP contribution >= 0.6 is 0 Å². The molecule has 6 heteroatoms. The fourth-order valence-electron chi connectivity index (χ4n) is 1.64. The monoisotopic (exact) mass is 269 g/mol. The highest BCUT2D eigenvalue weighted by Gasteiger charge is 2.14. The molecule has 1 aromatic heterocycles. The third-order valence-corrected chi connectivity index (χ3v) is 2.51. The summed E-state index contributed by atoms with van der Waals surface area (Å²) in [4.78, 5) is 19.1. The molecule has 0 aliphatic carbocycles. The zero-order valence-corrected chi connectivity index (χ0v) is 10.9. The number of nitrogens with zero attached hydrogens (tertiary/aromatic N) is 3. The van der Waals surface area contributed by atoms with Crippen LogP contribution in [-0.4, -0.2) is 21.0 Å². The Bertz CT molecular complexity index is 720. The summed E-state index contributed by atoms with van der Waals surface area (Å²) >= 11 is 0. The molecule has 0 bridgehead atoms. The van der Waals surface area contributed by atoms with Crippen molar-refractivity contribution in [3.8, 4) is 17.8 Å². The Morgan fingerprint density at radius 1 is 1.30 bits per heavy atom. The molecule has 0 fully saturated rings. The molecule has 2 rings (SSSR count). The highest BCUT2D eigenvalue weighted by atomic mass is 16.5. The maximum absolute atomic E-state index is 11.2. The molecule has 1 N–H and O–H groups in total. The van der Waals surface area contributed by atoms with Gasteiger partial charge >= 0.3 is 12.0 Å². The highest BCUT2D eigenvalue weighted by Crippen LogP contribution is 2.24. The summed E-state index contributed by atoms with van der Waals surface area (Å²) < 4.78 is 5.39. The standard InChI is InChI=1S/C14H11N3O3/c1-8-3-4-12(11(5-8)13(18)19)20-14-16-9(2)6-10(7-15)17-14/h3-6H,1-2H3,(H,18,19). The molecular formula is C14H11N3O3. The van der Waals surface area contributed by atoms with E-state index in [9.17, 15) is 4.79 Å². The van der Waals surface area contributed by atoms with Crippen LogP contribution in [0.5, 0.6) is 11.8 Å². The molecule has 0 saturated heterocycles. The van der Waals surface area contributed by atoms with E-state index in [1.165, 1.54) is 18.2 Å². The number of rotatable bonds is 3. The summed E-state index contributed by atoms with van der Waals surface area (Å²) in [6.07, 6.45) is 0. The molecule has 2 aromatic rings. The normalized spacial score (nSPS) is 9.85. The third kappa shape index (κ3) is 2.90. The lowest BCUT2D eigenvalue weighted by molar-refractivity contribution is 0.0694. The first-order valence-corrected chi connectivity index (χ1v) is 5.77. The number of benzene rings is 1. The lowest BCUT2D eigenvalue weighted by Crippen LogP contribution is -2.03. The van der Waals surface area contributed by atoms with Gasteiger partial charge in [-0.05, 0) is 32.0 Å². The van der Waals surface area contributed by atoms with Crippen molar-refractivity contribution in [2.75, 3.05) is 0 Å². The van der Waals surface area contributed by atoms with E-state index in [4.69, 9.17) is 15.1 Å². The molecule has 0 unspecified atom stereocenters. The van der Waals surface area contributed by atoms with E-state index >= 15 is 0 Å². The van der Waals surface area contributed by atoms with Crippen LogP contribution in [-0.2, 0) is 0 Å². The number of aromatic carboxylic acids is 1. The van der Waals surface area contributed by atoms with Crippen LogP contribution in [0.1, 0.15) is 27.3 Å². The van der Waals surface area contributed by atoms with Gasteiger partial charge in [-0.3, -0.25) is 0 Å². The summed E-state index contributed by atoms with van der Waals surface area (Å²) in [6.45, 7) is 3.48. The van der Waals surface area contributed by atoms with Crippen LogP contribution in [0.3, 0.4) is 0 Å². The van der Waals surface area contributed by atoms with E-state index in [1.807, 2.05) is 6.07 Å². The van der Waals surface area contributed by atoms with Gasteiger partial charge in [-0.1, -0.05) is 11.6 Å². The fourth-order valence-corrected chi connectivity index (χ4v) is 1.64. The van der Waals surface area contributed by atoms with E-state index in [0.29, 0.717) is 5.69 Å². The predicted molar refractivity (Wildman–Crippen MR) is 69.7 cm³/mol. The lowest BCUT2D eigenvalue weighted by Gasteiger charge is -2.08. The van der Waals surface area contributed by atoms with Crippen LogP contribution in [0.4, 0.5) is 0 Å². The number of aromatic nitrogens is 2. The van der Waals surface area contributed by atoms with Gasteiger partial charge in [0.05, 0.1) is 0 Å². The second kappa shape index (κ2) is 5.36. The first-order valence-electron chi connectivity index (χ1n) is 5.77. The molecule has 1 aromatic carbocycles. The van der Waals surface area contributed by atoms with Gasteiger partial charge in [0, 0.05) is 5.69 Å². The van der Waals surface area contributed by atoms with Crippen LogP contribution in [0, 0.1) is 25.2 Å².